The molecule has 0 aliphatic carbocycles. The topological polar surface area (TPSA) is 35.5 Å². The summed E-state index contributed by atoms with van der Waals surface area (Å²) in [5, 5.41) is 0. The van der Waals surface area contributed by atoms with Gasteiger partial charge in [-0.2, -0.15) is 8.78 Å². The lowest BCUT2D eigenvalue weighted by atomic mass is 10.2. The Hall–Kier alpha value is -2.71. The zero-order valence-electron chi connectivity index (χ0n) is 11.0. The van der Waals surface area contributed by atoms with E-state index in [2.05, 4.69) is 9.47 Å². The number of rotatable bonds is 4. The summed E-state index contributed by atoms with van der Waals surface area (Å²) in [5.74, 6) is -9.97. The van der Waals surface area contributed by atoms with E-state index in [0.717, 1.165) is 18.2 Å². The molecule has 0 aliphatic rings. The first-order valence-corrected chi connectivity index (χ1v) is 5.90. The van der Waals surface area contributed by atoms with E-state index in [1.807, 2.05) is 0 Å². The van der Waals surface area contributed by atoms with Gasteiger partial charge in [0, 0.05) is 0 Å². The van der Waals surface area contributed by atoms with E-state index in [1.165, 1.54) is 0 Å². The van der Waals surface area contributed by atoms with Crippen molar-refractivity contribution in [2.45, 2.75) is 6.61 Å². The Morgan fingerprint density at radius 3 is 2.09 bits per heavy atom. The second-order valence-corrected chi connectivity index (χ2v) is 4.05. The number of ether oxygens (including phenoxy) is 2. The molecule has 2 aromatic rings. The number of benzene rings is 2. The van der Waals surface area contributed by atoms with Crippen LogP contribution >= 0.6 is 0 Å². The summed E-state index contributed by atoms with van der Waals surface area (Å²) in [7, 11) is 0. The number of carbonyl (C=O) groups is 1. The van der Waals surface area contributed by atoms with Crippen molar-refractivity contribution in [1.82, 2.24) is 0 Å². The molecule has 3 nitrogen and oxygen atoms in total. The van der Waals surface area contributed by atoms with Crippen molar-refractivity contribution in [2.24, 2.45) is 0 Å². The van der Waals surface area contributed by atoms with Gasteiger partial charge in [-0.25, -0.2) is 22.4 Å². The van der Waals surface area contributed by atoms with E-state index in [9.17, 15) is 31.1 Å². The highest BCUT2D eigenvalue weighted by Crippen LogP contribution is 2.27. The Labute approximate surface area is 125 Å². The fourth-order valence-electron chi connectivity index (χ4n) is 1.63. The van der Waals surface area contributed by atoms with Gasteiger partial charge in [-0.3, -0.25) is 0 Å². The van der Waals surface area contributed by atoms with E-state index < -0.39 is 52.9 Å². The number of hydrogen-bond acceptors (Lipinski definition) is 3. The van der Waals surface area contributed by atoms with Crippen LogP contribution in [0.3, 0.4) is 0 Å². The number of esters is 1. The second-order valence-electron chi connectivity index (χ2n) is 4.05. The Balaban J connectivity index is 2.39. The molecule has 0 radical (unpaired) electrons. The highest BCUT2D eigenvalue weighted by molar-refractivity contribution is 5.92. The standard InChI is InChI=1S/C14H6F6O3/c15-6-4-5-9(22-14(19)20)11(18)10(6)13(21)23-12-7(16)2-1-3-8(12)17/h1-5,14H. The summed E-state index contributed by atoms with van der Waals surface area (Å²) in [6.07, 6.45) is 0. The van der Waals surface area contributed by atoms with Crippen LogP contribution < -0.4 is 9.47 Å². The van der Waals surface area contributed by atoms with Crippen LogP contribution in [0.5, 0.6) is 11.5 Å². The van der Waals surface area contributed by atoms with Crippen molar-refractivity contribution in [2.75, 3.05) is 0 Å². The van der Waals surface area contributed by atoms with Crippen molar-refractivity contribution < 1.29 is 40.6 Å². The summed E-state index contributed by atoms with van der Waals surface area (Å²) < 4.78 is 86.3. The molecule has 2 rings (SSSR count). The van der Waals surface area contributed by atoms with Gasteiger partial charge >= 0.3 is 12.6 Å². The number of halogens is 6. The maximum Gasteiger partial charge on any atom is 0.387 e. The van der Waals surface area contributed by atoms with Crippen molar-refractivity contribution in [3.8, 4) is 11.5 Å². The van der Waals surface area contributed by atoms with Gasteiger partial charge in [-0.05, 0) is 24.3 Å². The second kappa shape index (κ2) is 6.59. The van der Waals surface area contributed by atoms with Crippen molar-refractivity contribution in [3.05, 3.63) is 59.2 Å². The average Bonchev–Trinajstić information content (AvgIpc) is 2.46. The Morgan fingerprint density at radius 2 is 1.52 bits per heavy atom. The van der Waals surface area contributed by atoms with E-state index in [-0.39, 0.29) is 0 Å². The SMILES string of the molecule is O=C(Oc1c(F)cccc1F)c1c(F)ccc(OC(F)F)c1F. The molecule has 0 saturated heterocycles. The predicted octanol–water partition coefficient (Wildman–Crippen LogP) is 4.06. The summed E-state index contributed by atoms with van der Waals surface area (Å²) >= 11 is 0. The minimum atomic E-state index is -3.43. The zero-order valence-corrected chi connectivity index (χ0v) is 11.0. The minimum absolute atomic E-state index is 0.467. The van der Waals surface area contributed by atoms with E-state index in [4.69, 9.17) is 0 Å². The van der Waals surface area contributed by atoms with Gasteiger partial charge in [0.05, 0.1) is 0 Å². The molecule has 122 valence electrons. The molecule has 0 amide bonds. The van der Waals surface area contributed by atoms with Gasteiger partial charge in [-0.1, -0.05) is 6.07 Å². The molecule has 0 bridgehead atoms. The smallest absolute Gasteiger partial charge is 0.387 e. The lowest BCUT2D eigenvalue weighted by Crippen LogP contribution is -2.16. The monoisotopic (exact) mass is 336 g/mol. The largest absolute Gasteiger partial charge is 0.432 e. The highest BCUT2D eigenvalue weighted by atomic mass is 19.3. The Morgan fingerprint density at radius 1 is 0.913 bits per heavy atom. The molecule has 0 aromatic heterocycles. The van der Waals surface area contributed by atoms with E-state index in [1.54, 1.807) is 0 Å². The Kier molecular flexibility index (Phi) is 4.77. The third-order valence-electron chi connectivity index (χ3n) is 2.59. The van der Waals surface area contributed by atoms with Gasteiger partial charge in [0.2, 0.25) is 5.75 Å². The molecule has 0 aliphatic heterocycles. The lowest BCUT2D eigenvalue weighted by Gasteiger charge is -2.11. The molecule has 0 fully saturated rings. The fraction of sp³-hybridized carbons (Fsp3) is 0.0714. The molecule has 23 heavy (non-hydrogen) atoms. The molecule has 0 saturated carbocycles. The van der Waals surface area contributed by atoms with Crippen LogP contribution in [0.25, 0.3) is 0 Å². The predicted molar refractivity (Wildman–Crippen MR) is 64.3 cm³/mol. The molecule has 9 heteroatoms. The maximum absolute atomic E-state index is 13.9. The van der Waals surface area contributed by atoms with Crippen molar-refractivity contribution in [1.29, 1.82) is 0 Å². The van der Waals surface area contributed by atoms with Crippen LogP contribution in [0.15, 0.2) is 30.3 Å². The third-order valence-corrected chi connectivity index (χ3v) is 2.59. The molecule has 0 N–H and O–H groups in total. The average molecular weight is 336 g/mol. The van der Waals surface area contributed by atoms with Crippen molar-refractivity contribution in [3.63, 3.8) is 0 Å². The van der Waals surface area contributed by atoms with Gasteiger partial charge in [-0.15, -0.1) is 0 Å². The molecule has 0 atom stereocenters. The quantitative estimate of drug-likeness (QED) is 0.480. The molecule has 0 unspecified atom stereocenters. The number of para-hydroxylation sites is 1. The first-order valence-electron chi connectivity index (χ1n) is 5.90. The molecule has 0 spiro atoms. The highest BCUT2D eigenvalue weighted by Gasteiger charge is 2.26. The molecular formula is C14H6F6O3. The summed E-state index contributed by atoms with van der Waals surface area (Å²) in [4.78, 5) is 11.7. The number of carbonyl (C=O) groups excluding carboxylic acids is 1. The van der Waals surface area contributed by atoms with Crippen LogP contribution in [-0.4, -0.2) is 12.6 Å². The first-order chi connectivity index (χ1) is 10.8. The van der Waals surface area contributed by atoms with Gasteiger partial charge in [0.1, 0.15) is 11.4 Å². The summed E-state index contributed by atoms with van der Waals surface area (Å²) in [6.45, 7) is -3.43. The van der Waals surface area contributed by atoms with Crippen LogP contribution in [0.1, 0.15) is 10.4 Å². The first kappa shape index (κ1) is 16.7. The Bertz CT molecular complexity index is 727. The lowest BCUT2D eigenvalue weighted by molar-refractivity contribution is -0.0523. The zero-order chi connectivity index (χ0) is 17.1. The van der Waals surface area contributed by atoms with Crippen molar-refractivity contribution >= 4 is 5.97 Å². The van der Waals surface area contributed by atoms with E-state index >= 15 is 0 Å². The van der Waals surface area contributed by atoms with E-state index in [0.29, 0.717) is 12.1 Å². The van der Waals surface area contributed by atoms with Crippen LogP contribution in [0.2, 0.25) is 0 Å². The van der Waals surface area contributed by atoms with Crippen LogP contribution in [0.4, 0.5) is 26.3 Å². The summed E-state index contributed by atoms with van der Waals surface area (Å²) in [6, 6.07) is 3.45. The summed E-state index contributed by atoms with van der Waals surface area (Å²) in [5.41, 5.74) is -1.43. The molecular weight excluding hydrogens is 330 g/mol. The normalized spacial score (nSPS) is 10.7. The van der Waals surface area contributed by atoms with Crippen LogP contribution in [0, 0.1) is 23.3 Å². The molecule has 0 heterocycles. The number of hydrogen-bond donors (Lipinski definition) is 0. The maximum atomic E-state index is 13.9. The van der Waals surface area contributed by atoms with Gasteiger partial charge in [0.15, 0.2) is 23.2 Å². The van der Waals surface area contributed by atoms with Crippen LogP contribution in [-0.2, 0) is 0 Å². The van der Waals surface area contributed by atoms with Gasteiger partial charge in [0.25, 0.3) is 0 Å². The number of alkyl halides is 2. The third kappa shape index (κ3) is 3.55. The van der Waals surface area contributed by atoms with Gasteiger partial charge < -0.3 is 9.47 Å². The fourth-order valence-corrected chi connectivity index (χ4v) is 1.63. The minimum Gasteiger partial charge on any atom is -0.432 e. The molecule has 2 aromatic carbocycles.